The minimum absolute atomic E-state index is 0.0226. The van der Waals surface area contributed by atoms with Gasteiger partial charge in [0.1, 0.15) is 23.4 Å². The van der Waals surface area contributed by atoms with Crippen molar-refractivity contribution in [1.82, 2.24) is 24.7 Å². The second-order valence-corrected chi connectivity index (χ2v) is 10.1. The smallest absolute Gasteiger partial charge is 0.421 e. The summed E-state index contributed by atoms with van der Waals surface area (Å²) >= 11 is 1.97. The summed E-state index contributed by atoms with van der Waals surface area (Å²) in [6.07, 6.45) is -1.80. The molecule has 5 aromatic rings. The lowest BCUT2D eigenvalue weighted by Gasteiger charge is -2.16. The Labute approximate surface area is 233 Å². The van der Waals surface area contributed by atoms with E-state index in [-0.39, 0.29) is 18.8 Å². The molecule has 1 aromatic carbocycles. The SMILES string of the molecule is Cc1cc(-c2[nH]ncc2C)c2cccc(OCc3c(I)cc(=O)[nH]c3Cn3cccc(C(F)(F)F)c3=O)c2n1. The van der Waals surface area contributed by atoms with E-state index in [2.05, 4.69) is 20.2 Å². The van der Waals surface area contributed by atoms with Crippen LogP contribution in [0.5, 0.6) is 5.75 Å². The highest BCUT2D eigenvalue weighted by atomic mass is 127. The van der Waals surface area contributed by atoms with E-state index in [1.807, 2.05) is 54.6 Å². The van der Waals surface area contributed by atoms with Gasteiger partial charge < -0.3 is 14.3 Å². The molecule has 0 saturated carbocycles. The van der Waals surface area contributed by atoms with Gasteiger partial charge in [0, 0.05) is 43.7 Å². The number of hydrogen-bond donors (Lipinski definition) is 2. The van der Waals surface area contributed by atoms with Crippen molar-refractivity contribution in [3.8, 4) is 17.0 Å². The Hall–Kier alpha value is -3.94. The molecule has 5 rings (SSSR count). The van der Waals surface area contributed by atoms with E-state index >= 15 is 0 Å². The molecule has 4 heterocycles. The summed E-state index contributed by atoms with van der Waals surface area (Å²) in [4.78, 5) is 32.1. The molecule has 0 aliphatic rings. The second-order valence-electron chi connectivity index (χ2n) is 8.97. The highest BCUT2D eigenvalue weighted by Gasteiger charge is 2.34. The van der Waals surface area contributed by atoms with Crippen molar-refractivity contribution < 1.29 is 17.9 Å². The lowest BCUT2D eigenvalue weighted by molar-refractivity contribution is -0.138. The van der Waals surface area contributed by atoms with Crippen molar-refractivity contribution in [3.63, 3.8) is 0 Å². The van der Waals surface area contributed by atoms with Crippen LogP contribution in [-0.2, 0) is 19.3 Å². The van der Waals surface area contributed by atoms with Gasteiger partial charge in [-0.1, -0.05) is 12.1 Å². The average molecular weight is 647 g/mol. The fraction of sp³-hybridized carbons (Fsp3) is 0.185. The number of pyridine rings is 3. The molecule has 200 valence electrons. The van der Waals surface area contributed by atoms with E-state index in [0.29, 0.717) is 20.4 Å². The Morgan fingerprint density at radius 2 is 1.90 bits per heavy atom. The first-order chi connectivity index (χ1) is 18.5. The van der Waals surface area contributed by atoms with Crippen molar-refractivity contribution in [1.29, 1.82) is 0 Å². The minimum Gasteiger partial charge on any atom is -0.487 e. The molecule has 0 saturated heterocycles. The Bertz CT molecular complexity index is 1820. The van der Waals surface area contributed by atoms with Crippen LogP contribution in [0.25, 0.3) is 22.2 Å². The van der Waals surface area contributed by atoms with E-state index in [0.717, 1.165) is 44.6 Å². The molecular weight excluding hydrogens is 626 g/mol. The maximum Gasteiger partial charge on any atom is 0.421 e. The number of alkyl halides is 3. The van der Waals surface area contributed by atoms with Gasteiger partial charge in [-0.15, -0.1) is 0 Å². The number of aryl methyl sites for hydroxylation is 2. The van der Waals surface area contributed by atoms with Crippen LogP contribution in [0, 0.1) is 17.4 Å². The fourth-order valence-electron chi connectivity index (χ4n) is 4.39. The van der Waals surface area contributed by atoms with Gasteiger partial charge in [-0.25, -0.2) is 4.98 Å². The lowest BCUT2D eigenvalue weighted by Crippen LogP contribution is -2.29. The Balaban J connectivity index is 1.53. The number of halogens is 4. The number of rotatable bonds is 6. The number of hydrogen-bond acceptors (Lipinski definition) is 5. The van der Waals surface area contributed by atoms with E-state index in [4.69, 9.17) is 4.74 Å². The first-order valence-corrected chi connectivity index (χ1v) is 12.8. The van der Waals surface area contributed by atoms with Gasteiger partial charge in [-0.2, -0.15) is 18.3 Å². The normalized spacial score (nSPS) is 11.7. The number of H-pyrrole nitrogens is 2. The number of nitrogens with one attached hydrogen (secondary N) is 2. The number of aromatic nitrogens is 5. The van der Waals surface area contributed by atoms with Crippen molar-refractivity contribution in [2.24, 2.45) is 0 Å². The van der Waals surface area contributed by atoms with Crippen LogP contribution >= 0.6 is 22.6 Å². The third-order valence-corrected chi connectivity index (χ3v) is 7.20. The number of benzene rings is 1. The van der Waals surface area contributed by atoms with E-state index in [1.54, 1.807) is 12.3 Å². The third-order valence-electron chi connectivity index (χ3n) is 6.24. The first kappa shape index (κ1) is 26.7. The number of para-hydroxylation sites is 1. The zero-order valence-electron chi connectivity index (χ0n) is 20.7. The topological polar surface area (TPSA) is 106 Å². The van der Waals surface area contributed by atoms with Crippen LogP contribution in [0.3, 0.4) is 0 Å². The largest absolute Gasteiger partial charge is 0.487 e. The Morgan fingerprint density at radius 3 is 2.62 bits per heavy atom. The average Bonchev–Trinajstić information content (AvgIpc) is 3.29. The predicted molar refractivity (Wildman–Crippen MR) is 148 cm³/mol. The summed E-state index contributed by atoms with van der Waals surface area (Å²) in [7, 11) is 0. The molecule has 4 aromatic heterocycles. The molecule has 0 radical (unpaired) electrons. The Morgan fingerprint density at radius 1 is 1.10 bits per heavy atom. The molecule has 0 aliphatic carbocycles. The van der Waals surface area contributed by atoms with Gasteiger partial charge in [0.05, 0.1) is 18.4 Å². The molecule has 2 N–H and O–H groups in total. The van der Waals surface area contributed by atoms with Gasteiger partial charge in [0.15, 0.2) is 0 Å². The number of ether oxygens (including phenoxy) is 1. The second kappa shape index (κ2) is 10.3. The van der Waals surface area contributed by atoms with Crippen molar-refractivity contribution in [2.75, 3.05) is 0 Å². The number of aromatic amines is 2. The molecule has 8 nitrogen and oxygen atoms in total. The fourth-order valence-corrected chi connectivity index (χ4v) is 5.15. The van der Waals surface area contributed by atoms with Crippen molar-refractivity contribution in [2.45, 2.75) is 33.2 Å². The Kier molecular flexibility index (Phi) is 7.05. The highest BCUT2D eigenvalue weighted by molar-refractivity contribution is 14.1. The van der Waals surface area contributed by atoms with Gasteiger partial charge in [-0.3, -0.25) is 14.7 Å². The van der Waals surface area contributed by atoms with E-state index < -0.39 is 22.9 Å². The summed E-state index contributed by atoms with van der Waals surface area (Å²) < 4.78 is 47.5. The van der Waals surface area contributed by atoms with Crippen molar-refractivity contribution in [3.05, 3.63) is 107 Å². The van der Waals surface area contributed by atoms with Crippen molar-refractivity contribution >= 4 is 33.5 Å². The molecule has 0 amide bonds. The van der Waals surface area contributed by atoms with Gasteiger partial charge in [0.2, 0.25) is 5.56 Å². The van der Waals surface area contributed by atoms with Gasteiger partial charge in [0.25, 0.3) is 5.56 Å². The summed E-state index contributed by atoms with van der Waals surface area (Å²) in [5.74, 6) is 0.485. The quantitative estimate of drug-likeness (QED) is 0.242. The van der Waals surface area contributed by atoms with Crippen LogP contribution in [0.1, 0.15) is 28.1 Å². The van der Waals surface area contributed by atoms with Crippen LogP contribution in [0.2, 0.25) is 0 Å². The first-order valence-electron chi connectivity index (χ1n) is 11.7. The summed E-state index contributed by atoms with van der Waals surface area (Å²) in [5.41, 5.74) is 2.03. The summed E-state index contributed by atoms with van der Waals surface area (Å²) in [5, 5.41) is 8.00. The van der Waals surface area contributed by atoms with Crippen LogP contribution in [-0.4, -0.2) is 24.7 Å². The maximum absolute atomic E-state index is 13.3. The third kappa shape index (κ3) is 5.33. The van der Waals surface area contributed by atoms with E-state index in [9.17, 15) is 22.8 Å². The van der Waals surface area contributed by atoms with Gasteiger partial charge in [-0.05, 0) is 66.3 Å². The van der Waals surface area contributed by atoms with Crippen LogP contribution < -0.4 is 15.9 Å². The number of fused-ring (bicyclic) bond motifs is 1. The highest BCUT2D eigenvalue weighted by Crippen LogP contribution is 2.34. The lowest BCUT2D eigenvalue weighted by atomic mass is 10.0. The predicted octanol–water partition coefficient (Wildman–Crippen LogP) is 5.34. The van der Waals surface area contributed by atoms with Gasteiger partial charge >= 0.3 is 6.18 Å². The number of nitrogens with zero attached hydrogens (tertiary/aromatic N) is 3. The monoisotopic (exact) mass is 647 g/mol. The maximum atomic E-state index is 13.3. The zero-order chi connectivity index (χ0) is 27.9. The molecule has 0 fully saturated rings. The standard InChI is InChI=1S/C27H21F3IN5O3/c1-14-11-32-35-24(14)17-9-15(2)33-25-16(17)5-3-7-22(25)39-13-18-20(31)10-23(37)34-21(18)12-36-8-4-6-19(26(36)38)27(28,29)30/h3-11H,12-13H2,1-2H3,(H,32,35)(H,34,37). The van der Waals surface area contributed by atoms with E-state index in [1.165, 1.54) is 12.3 Å². The molecule has 0 aliphatic heterocycles. The molecule has 0 spiro atoms. The molecule has 0 unspecified atom stereocenters. The summed E-state index contributed by atoms with van der Waals surface area (Å²) in [6, 6.07) is 10.7. The van der Waals surface area contributed by atoms with Crippen LogP contribution in [0.15, 0.2) is 64.4 Å². The van der Waals surface area contributed by atoms with Crippen LogP contribution in [0.4, 0.5) is 13.2 Å². The molecule has 39 heavy (non-hydrogen) atoms. The zero-order valence-corrected chi connectivity index (χ0v) is 22.8. The molecular formula is C27H21F3IN5O3. The minimum atomic E-state index is -4.79. The molecule has 0 atom stereocenters. The molecule has 0 bridgehead atoms. The summed E-state index contributed by atoms with van der Waals surface area (Å²) in [6.45, 7) is 3.53. The molecule has 12 heteroatoms.